The zero-order valence-electron chi connectivity index (χ0n) is 19.9. The van der Waals surface area contributed by atoms with Crippen molar-refractivity contribution in [3.05, 3.63) is 70.7 Å². The van der Waals surface area contributed by atoms with Gasteiger partial charge in [-0.2, -0.15) is 17.5 Å². The van der Waals surface area contributed by atoms with Gasteiger partial charge in [0.15, 0.2) is 0 Å². The van der Waals surface area contributed by atoms with Crippen molar-refractivity contribution in [1.82, 2.24) is 33.5 Å². The van der Waals surface area contributed by atoms with E-state index in [0.717, 1.165) is 5.56 Å². The summed E-state index contributed by atoms with van der Waals surface area (Å²) in [5.74, 6) is 0.273. The molecule has 200 valence electrons. The van der Waals surface area contributed by atoms with Crippen molar-refractivity contribution in [2.75, 3.05) is 6.54 Å². The minimum atomic E-state index is -5.42. The van der Waals surface area contributed by atoms with Crippen molar-refractivity contribution in [1.29, 1.82) is 0 Å². The molecule has 15 heteroatoms. The molecule has 0 unspecified atom stereocenters. The van der Waals surface area contributed by atoms with Crippen LogP contribution in [0.3, 0.4) is 0 Å². The third-order valence-electron chi connectivity index (χ3n) is 6.17. The summed E-state index contributed by atoms with van der Waals surface area (Å²) in [7, 11) is -5.42. The van der Waals surface area contributed by atoms with E-state index in [4.69, 9.17) is 11.6 Å². The lowest BCUT2D eigenvalue weighted by atomic mass is 10.1. The van der Waals surface area contributed by atoms with Crippen molar-refractivity contribution in [3.63, 3.8) is 0 Å². The fraction of sp³-hybridized carbons (Fsp3) is 0.304. The van der Waals surface area contributed by atoms with Gasteiger partial charge in [0, 0.05) is 37.6 Å². The molecule has 0 bridgehead atoms. The van der Waals surface area contributed by atoms with Crippen molar-refractivity contribution in [2.45, 2.75) is 38.5 Å². The van der Waals surface area contributed by atoms with Gasteiger partial charge in [-0.25, -0.2) is 23.4 Å². The molecular formula is C23H21ClF3N7O3S. The number of imidazole rings is 2. The summed E-state index contributed by atoms with van der Waals surface area (Å²) in [5, 5.41) is 3.25. The van der Waals surface area contributed by atoms with Crippen LogP contribution in [0.2, 0.25) is 5.02 Å². The first-order valence-electron chi connectivity index (χ1n) is 11.5. The largest absolute Gasteiger partial charge is 0.511 e. The Morgan fingerprint density at radius 2 is 1.87 bits per heavy atom. The van der Waals surface area contributed by atoms with Gasteiger partial charge in [0.25, 0.3) is 5.91 Å². The van der Waals surface area contributed by atoms with Crippen molar-refractivity contribution >= 4 is 33.3 Å². The first-order chi connectivity index (χ1) is 18.0. The molecule has 3 aromatic heterocycles. The number of benzene rings is 1. The molecule has 4 aromatic rings. The highest BCUT2D eigenvalue weighted by Gasteiger charge is 2.50. The number of fused-ring (bicyclic) bond motifs is 2. The predicted molar refractivity (Wildman–Crippen MR) is 132 cm³/mol. The summed E-state index contributed by atoms with van der Waals surface area (Å²) in [6.45, 7) is 1.42. The second kappa shape index (κ2) is 9.67. The van der Waals surface area contributed by atoms with Gasteiger partial charge in [-0.05, 0) is 12.0 Å². The maximum atomic E-state index is 13.0. The van der Waals surface area contributed by atoms with E-state index in [1.54, 1.807) is 45.6 Å². The average molecular weight is 568 g/mol. The Morgan fingerprint density at radius 1 is 1.13 bits per heavy atom. The Balaban J connectivity index is 1.28. The molecule has 1 aliphatic rings. The van der Waals surface area contributed by atoms with Gasteiger partial charge in [0.1, 0.15) is 11.5 Å². The van der Waals surface area contributed by atoms with Crippen LogP contribution in [0.5, 0.6) is 0 Å². The lowest BCUT2D eigenvalue weighted by Gasteiger charge is -2.27. The molecule has 4 heterocycles. The van der Waals surface area contributed by atoms with Crippen LogP contribution >= 0.6 is 11.6 Å². The van der Waals surface area contributed by atoms with Gasteiger partial charge in [-0.3, -0.25) is 9.20 Å². The average Bonchev–Trinajstić information content (AvgIpc) is 3.47. The number of alkyl halides is 3. The van der Waals surface area contributed by atoms with Crippen molar-refractivity contribution in [2.24, 2.45) is 0 Å². The van der Waals surface area contributed by atoms with E-state index >= 15 is 0 Å². The molecular weight excluding hydrogens is 547 g/mol. The van der Waals surface area contributed by atoms with Crippen LogP contribution in [0.1, 0.15) is 34.5 Å². The number of rotatable bonds is 6. The van der Waals surface area contributed by atoms with Crippen LogP contribution in [0.4, 0.5) is 13.2 Å². The maximum Gasteiger partial charge on any atom is 0.511 e. The molecule has 10 nitrogen and oxygen atoms in total. The lowest BCUT2D eigenvalue weighted by molar-refractivity contribution is -0.0496. The van der Waals surface area contributed by atoms with E-state index in [1.807, 2.05) is 6.92 Å². The van der Waals surface area contributed by atoms with Gasteiger partial charge in [0.05, 0.1) is 29.2 Å². The second-order valence-corrected chi connectivity index (χ2v) is 11.0. The standard InChI is InChI=1S/C23H21ClF3N7O3S/c1-2-17-20(34-11-16(24)10-29-22(34)31-17)21(35)28-9-14-3-5-15(6-4-14)18-12-32-7-8-33(13-19(32)30-18)38(36,37)23(25,26)27/h3-6,10-12H,2,7-9,13H2,1H3,(H,28,35). The van der Waals surface area contributed by atoms with Crippen LogP contribution in [-0.2, 0) is 36.1 Å². The highest BCUT2D eigenvalue weighted by molar-refractivity contribution is 7.89. The fourth-order valence-corrected chi connectivity index (χ4v) is 5.27. The number of carbonyl (C=O) groups is 1. The molecule has 1 aromatic carbocycles. The molecule has 0 fully saturated rings. The van der Waals surface area contributed by atoms with Crippen LogP contribution in [-0.4, -0.2) is 54.6 Å². The molecule has 1 N–H and O–H groups in total. The monoisotopic (exact) mass is 567 g/mol. The van der Waals surface area contributed by atoms with Crippen molar-refractivity contribution < 1.29 is 26.4 Å². The molecule has 5 rings (SSSR count). The molecule has 0 radical (unpaired) electrons. The van der Waals surface area contributed by atoms with Gasteiger partial charge >= 0.3 is 15.5 Å². The minimum absolute atomic E-state index is 0.0610. The summed E-state index contributed by atoms with van der Waals surface area (Å²) >= 11 is 6.04. The maximum absolute atomic E-state index is 13.0. The fourth-order valence-electron chi connectivity index (χ4n) is 4.22. The molecule has 38 heavy (non-hydrogen) atoms. The van der Waals surface area contributed by atoms with Crippen LogP contribution < -0.4 is 5.32 Å². The highest BCUT2D eigenvalue weighted by atomic mass is 35.5. The second-order valence-electron chi connectivity index (χ2n) is 8.60. The molecule has 1 amide bonds. The van der Waals surface area contributed by atoms with E-state index in [2.05, 4.69) is 20.3 Å². The zero-order chi connectivity index (χ0) is 27.2. The smallest absolute Gasteiger partial charge is 0.347 e. The number of sulfonamides is 1. The first-order valence-corrected chi connectivity index (χ1v) is 13.3. The molecule has 0 atom stereocenters. The summed E-state index contributed by atoms with van der Waals surface area (Å²) < 4.78 is 65.9. The Bertz CT molecular complexity index is 1630. The Hall–Kier alpha value is -3.49. The molecule has 0 spiro atoms. The third kappa shape index (κ3) is 4.74. The molecule has 0 saturated heterocycles. The van der Waals surface area contributed by atoms with E-state index in [-0.39, 0.29) is 31.4 Å². The van der Waals surface area contributed by atoms with Crippen LogP contribution in [0.15, 0.2) is 42.9 Å². The zero-order valence-corrected chi connectivity index (χ0v) is 21.5. The number of amides is 1. The van der Waals surface area contributed by atoms with E-state index in [1.165, 1.54) is 6.20 Å². The predicted octanol–water partition coefficient (Wildman–Crippen LogP) is 3.40. The van der Waals surface area contributed by atoms with Crippen molar-refractivity contribution in [3.8, 4) is 11.3 Å². The number of halogens is 4. The summed E-state index contributed by atoms with van der Waals surface area (Å²) in [6, 6.07) is 7.13. The Kier molecular flexibility index (Phi) is 6.65. The summed E-state index contributed by atoms with van der Waals surface area (Å²) in [5.41, 5.74) is -2.40. The number of nitrogens with zero attached hydrogens (tertiary/aromatic N) is 6. The van der Waals surface area contributed by atoms with Crippen LogP contribution in [0, 0.1) is 0 Å². The number of aromatic nitrogens is 5. The van der Waals surface area contributed by atoms with Gasteiger partial charge in [-0.15, -0.1) is 0 Å². The number of hydrogen-bond acceptors (Lipinski definition) is 6. The quantitative estimate of drug-likeness (QED) is 0.382. The van der Waals surface area contributed by atoms with E-state index in [9.17, 15) is 26.4 Å². The summed E-state index contributed by atoms with van der Waals surface area (Å²) in [4.78, 5) is 25.9. The lowest BCUT2D eigenvalue weighted by Crippen LogP contribution is -2.44. The first kappa shape index (κ1) is 26.1. The molecule has 0 saturated carbocycles. The van der Waals surface area contributed by atoms with E-state index in [0.29, 0.717) is 44.2 Å². The Morgan fingerprint density at radius 3 is 2.55 bits per heavy atom. The SMILES string of the molecule is CCc1nc2ncc(Cl)cn2c1C(=O)NCc1ccc(-c2cn3c(n2)CN(S(=O)(=O)C(F)(F)F)CC3)cc1. The third-order valence-corrected chi connectivity index (χ3v) is 7.94. The van der Waals surface area contributed by atoms with Gasteiger partial charge in [0.2, 0.25) is 5.78 Å². The topological polar surface area (TPSA) is 114 Å². The number of carbonyl (C=O) groups excluding carboxylic acids is 1. The number of hydrogen-bond donors (Lipinski definition) is 1. The normalized spacial score (nSPS) is 14.6. The highest BCUT2D eigenvalue weighted by Crippen LogP contribution is 2.30. The summed E-state index contributed by atoms with van der Waals surface area (Å²) in [6.07, 6.45) is 5.26. The molecule has 0 aliphatic carbocycles. The van der Waals surface area contributed by atoms with Gasteiger partial charge < -0.3 is 9.88 Å². The minimum Gasteiger partial charge on any atom is -0.347 e. The van der Waals surface area contributed by atoms with Crippen LogP contribution in [0.25, 0.3) is 17.0 Å². The number of nitrogens with one attached hydrogen (secondary N) is 1. The number of aryl methyl sites for hydroxylation is 1. The van der Waals surface area contributed by atoms with Gasteiger partial charge in [-0.1, -0.05) is 42.8 Å². The Labute approximate surface area is 220 Å². The molecule has 1 aliphatic heterocycles. The van der Waals surface area contributed by atoms with E-state index < -0.39 is 22.1 Å².